The molecule has 1 heterocycles. The summed E-state index contributed by atoms with van der Waals surface area (Å²) < 4.78 is 22.0. The zero-order valence-corrected chi connectivity index (χ0v) is 30.2. The van der Waals surface area contributed by atoms with Gasteiger partial charge in [-0.25, -0.2) is 4.79 Å². The van der Waals surface area contributed by atoms with Crippen molar-refractivity contribution in [2.75, 3.05) is 32.7 Å². The summed E-state index contributed by atoms with van der Waals surface area (Å²) in [4.78, 5) is 26.2. The van der Waals surface area contributed by atoms with Crippen molar-refractivity contribution >= 4 is 26.5 Å². The van der Waals surface area contributed by atoms with Gasteiger partial charge in [-0.2, -0.15) is 0 Å². The van der Waals surface area contributed by atoms with Crippen molar-refractivity contribution in [1.82, 2.24) is 10.2 Å². The number of carbonyl (C=O) groups is 1. The van der Waals surface area contributed by atoms with Gasteiger partial charge in [0.15, 0.2) is 0 Å². The van der Waals surface area contributed by atoms with Gasteiger partial charge in [-0.3, -0.25) is 4.52 Å². The lowest BCUT2D eigenvalue weighted by molar-refractivity contribution is 0.00597. The Kier molecular flexibility index (Phi) is 22.5. The number of alkyl carbamates (subject to hydrolysis) is 1. The number of unbranched alkanes of at least 4 members (excludes halogenated alkanes) is 15. The van der Waals surface area contributed by atoms with Gasteiger partial charge in [0.05, 0.1) is 12.5 Å². The number of carbonyl (C=O) groups excluding carboxylic acids is 1. The summed E-state index contributed by atoms with van der Waals surface area (Å²) in [6.45, 7) is 7.89. The molecule has 2 unspecified atom stereocenters. The minimum Gasteiger partial charge on any atom is -0.447 e. The van der Waals surface area contributed by atoms with E-state index in [0.717, 1.165) is 24.3 Å². The molecule has 2 N–H and O–H groups in total. The third-order valence-corrected chi connectivity index (χ3v) is 10.2. The molecule has 1 aliphatic heterocycles. The van der Waals surface area contributed by atoms with Crippen LogP contribution >= 0.6 is 20.4 Å². The smallest absolute Gasteiger partial charge is 0.407 e. The monoisotopic (exact) mass is 668 g/mol. The van der Waals surface area contributed by atoms with Gasteiger partial charge in [0.1, 0.15) is 18.5 Å². The molecule has 8 nitrogen and oxygen atoms in total. The largest absolute Gasteiger partial charge is 0.447 e. The van der Waals surface area contributed by atoms with Crippen LogP contribution in [0.15, 0.2) is 34.9 Å². The number of nitrogens with zero attached hydrogens (tertiary/aromatic N) is 1. The maximum Gasteiger partial charge on any atom is 0.407 e. The minimum atomic E-state index is -2.17. The number of thioether (sulfide) groups is 1. The number of hydrogen-bond acceptors (Lipinski definition) is 8. The van der Waals surface area contributed by atoms with Gasteiger partial charge in [-0.05, 0) is 26.3 Å². The molecule has 0 saturated carbocycles. The van der Waals surface area contributed by atoms with Crippen molar-refractivity contribution < 1.29 is 28.2 Å². The summed E-state index contributed by atoms with van der Waals surface area (Å²) in [5.74, 6) is 1.49. The summed E-state index contributed by atoms with van der Waals surface area (Å²) >= 11 is 1.83. The summed E-state index contributed by atoms with van der Waals surface area (Å²) in [5.41, 5.74) is 2.24. The van der Waals surface area contributed by atoms with Crippen LogP contribution in [-0.4, -0.2) is 54.7 Å². The lowest BCUT2D eigenvalue weighted by Crippen LogP contribution is -2.31. The van der Waals surface area contributed by atoms with Crippen molar-refractivity contribution in [3.63, 3.8) is 0 Å². The molecular formula is C35H61N2O6PS. The van der Waals surface area contributed by atoms with Gasteiger partial charge in [-0.1, -0.05) is 121 Å². The van der Waals surface area contributed by atoms with E-state index in [1.807, 2.05) is 36.0 Å². The van der Waals surface area contributed by atoms with E-state index in [0.29, 0.717) is 18.8 Å². The fourth-order valence-corrected chi connectivity index (χ4v) is 6.88. The van der Waals surface area contributed by atoms with Crippen LogP contribution in [0.4, 0.5) is 4.79 Å². The topological polar surface area (TPSA) is 89.5 Å². The quantitative estimate of drug-likeness (QED) is 0.0707. The zero-order chi connectivity index (χ0) is 32.5. The van der Waals surface area contributed by atoms with E-state index in [1.165, 1.54) is 108 Å². The van der Waals surface area contributed by atoms with E-state index in [4.69, 9.17) is 18.5 Å². The lowest BCUT2D eigenvalue weighted by Gasteiger charge is -2.22. The van der Waals surface area contributed by atoms with Crippen LogP contribution in [0, 0.1) is 0 Å². The summed E-state index contributed by atoms with van der Waals surface area (Å²) in [6.07, 6.45) is 20.2. The number of amides is 1. The lowest BCUT2D eigenvalue weighted by atomic mass is 10.0. The first-order valence-electron chi connectivity index (χ1n) is 17.3. The Labute approximate surface area is 279 Å². The van der Waals surface area contributed by atoms with Gasteiger partial charge >= 0.3 is 14.7 Å². The zero-order valence-electron chi connectivity index (χ0n) is 28.5. The molecule has 0 fully saturated rings. The molecule has 0 aliphatic carbocycles. The highest BCUT2D eigenvalue weighted by Crippen LogP contribution is 2.39. The molecule has 10 heteroatoms. The molecular weight excluding hydrogens is 607 g/mol. The third kappa shape index (κ3) is 18.4. The van der Waals surface area contributed by atoms with Crippen molar-refractivity contribution in [2.45, 2.75) is 136 Å². The van der Waals surface area contributed by atoms with Crippen LogP contribution in [-0.2, 0) is 20.5 Å². The highest BCUT2D eigenvalue weighted by molar-refractivity contribution is 8.03. The van der Waals surface area contributed by atoms with Crippen molar-refractivity contribution in [2.24, 2.45) is 0 Å². The van der Waals surface area contributed by atoms with Crippen LogP contribution in [0.5, 0.6) is 5.75 Å². The molecule has 2 atom stereocenters. The number of para-hydroxylation sites is 1. The Hall–Kier alpha value is -1.51. The fourth-order valence-electron chi connectivity index (χ4n) is 5.22. The number of rotatable bonds is 27. The Balaban J connectivity index is 1.46. The average molecular weight is 669 g/mol. The van der Waals surface area contributed by atoms with Gasteiger partial charge in [0.25, 0.3) is 0 Å². The second kappa shape index (κ2) is 25.6. The molecule has 0 saturated heterocycles. The molecule has 45 heavy (non-hydrogen) atoms. The molecule has 1 aliphatic rings. The molecule has 1 aromatic carbocycles. The third-order valence-electron chi connectivity index (χ3n) is 8.34. The van der Waals surface area contributed by atoms with Crippen LogP contribution < -0.4 is 9.84 Å². The van der Waals surface area contributed by atoms with Crippen molar-refractivity contribution in [1.29, 1.82) is 0 Å². The number of methoxy groups -OCH3 is 1. The first-order valence-corrected chi connectivity index (χ1v) is 19.4. The fraction of sp³-hybridized carbons (Fsp3) is 0.743. The van der Waals surface area contributed by atoms with Gasteiger partial charge < -0.3 is 29.1 Å². The van der Waals surface area contributed by atoms with Crippen LogP contribution in [0.2, 0.25) is 0 Å². The van der Waals surface area contributed by atoms with E-state index in [1.54, 1.807) is 0 Å². The maximum atomic E-state index is 12.1. The number of nitrogens with one attached hydrogen (secondary N) is 1. The Morgan fingerprint density at radius 1 is 0.911 bits per heavy atom. The van der Waals surface area contributed by atoms with Crippen molar-refractivity contribution in [3.05, 3.63) is 40.4 Å². The van der Waals surface area contributed by atoms with E-state index < -0.39 is 20.8 Å². The first-order chi connectivity index (χ1) is 21.9. The predicted octanol–water partition coefficient (Wildman–Crippen LogP) is 10.1. The Morgan fingerprint density at radius 2 is 1.49 bits per heavy atom. The molecule has 1 amide bonds. The van der Waals surface area contributed by atoms with Crippen molar-refractivity contribution in [3.8, 4) is 5.75 Å². The van der Waals surface area contributed by atoms with Crippen LogP contribution in [0.3, 0.4) is 0 Å². The van der Waals surface area contributed by atoms with E-state index >= 15 is 0 Å². The molecule has 258 valence electrons. The maximum absolute atomic E-state index is 12.1. The molecule has 0 bridgehead atoms. The number of ether oxygens (including phenoxy) is 2. The highest BCUT2D eigenvalue weighted by atomic mass is 32.2. The van der Waals surface area contributed by atoms with E-state index in [9.17, 15) is 9.69 Å². The molecule has 0 radical (unpaired) electrons. The van der Waals surface area contributed by atoms with Gasteiger partial charge in [-0.15, -0.1) is 11.8 Å². The number of allylic oxidation sites excluding steroid dienone is 2. The predicted molar refractivity (Wildman–Crippen MR) is 188 cm³/mol. The normalized spacial score (nSPS) is 14.6. The van der Waals surface area contributed by atoms with Gasteiger partial charge in [0, 0.05) is 36.4 Å². The SMILES string of the molecule is CCCCCCCCCCCCCCCCCCNC(=O)OCC(COP(O)Oc1ccccc1CN1CSC(C)=C1C)OC. The molecule has 2 rings (SSSR count). The van der Waals surface area contributed by atoms with Gasteiger partial charge in [0.2, 0.25) is 0 Å². The molecule has 1 aromatic rings. The molecule has 0 aromatic heterocycles. The van der Waals surface area contributed by atoms with Crippen LogP contribution in [0.1, 0.15) is 129 Å². The summed E-state index contributed by atoms with van der Waals surface area (Å²) in [7, 11) is -0.653. The summed E-state index contributed by atoms with van der Waals surface area (Å²) in [5, 5.41) is 2.81. The minimum absolute atomic E-state index is 0.0264. The van der Waals surface area contributed by atoms with E-state index in [-0.39, 0.29) is 13.2 Å². The van der Waals surface area contributed by atoms with Crippen LogP contribution in [0.25, 0.3) is 0 Å². The Bertz CT molecular complexity index is 952. The standard InChI is InChI=1S/C35H61N2O6PS/c1-5-6-7-8-9-10-11-12-13-14-15-16-17-18-19-22-25-36-35(38)41-27-33(40-4)28-42-44(39)43-34-24-21-20-23-32(34)26-37-29-45-31(3)30(37)2/h20-21,23-24,33,39H,5-19,22,25-29H2,1-4H3,(H,36,38). The number of benzene rings is 1. The Morgan fingerprint density at radius 3 is 2.04 bits per heavy atom. The summed E-state index contributed by atoms with van der Waals surface area (Å²) in [6, 6.07) is 7.66. The average Bonchev–Trinajstić information content (AvgIpc) is 3.35. The molecule has 0 spiro atoms. The number of hydrogen-bond donors (Lipinski definition) is 2. The second-order valence-electron chi connectivity index (χ2n) is 12.0. The van der Waals surface area contributed by atoms with E-state index in [2.05, 4.69) is 31.0 Å². The highest BCUT2D eigenvalue weighted by Gasteiger charge is 2.21. The second-order valence-corrected chi connectivity index (χ2v) is 14.1. The first kappa shape index (κ1) is 39.7.